The monoisotopic (exact) mass is 286 g/mol. The molecular weight excluding hydrogens is 256 g/mol. The summed E-state index contributed by atoms with van der Waals surface area (Å²) in [4.78, 5) is 0. The molecule has 21 heavy (non-hydrogen) atoms. The summed E-state index contributed by atoms with van der Waals surface area (Å²) in [7, 11) is 0. The molecule has 0 N–H and O–H groups in total. The molecule has 0 spiro atoms. The largest absolute Gasteiger partial charge is 0.368 e. The van der Waals surface area contributed by atoms with Crippen LogP contribution in [-0.4, -0.2) is 5.60 Å². The summed E-state index contributed by atoms with van der Waals surface area (Å²) in [5.41, 5.74) is 4.22. The lowest BCUT2D eigenvalue weighted by Crippen LogP contribution is -2.24. The van der Waals surface area contributed by atoms with Gasteiger partial charge in [0, 0.05) is 0 Å². The van der Waals surface area contributed by atoms with Crippen molar-refractivity contribution in [1.29, 1.82) is 0 Å². The van der Waals surface area contributed by atoms with E-state index in [2.05, 4.69) is 58.0 Å². The first-order valence-electron chi connectivity index (χ1n) is 8.47. The zero-order valence-corrected chi connectivity index (χ0v) is 14.1. The Labute approximate surface area is 130 Å². The number of ether oxygens (including phenoxy) is 1. The molecule has 1 heteroatoms. The van der Waals surface area contributed by atoms with Crippen molar-refractivity contribution in [3.8, 4) is 0 Å². The van der Waals surface area contributed by atoms with Gasteiger partial charge >= 0.3 is 0 Å². The fourth-order valence-corrected chi connectivity index (χ4v) is 3.07. The number of allylic oxidation sites excluding steroid dienone is 1. The maximum absolute atomic E-state index is 6.25. The molecule has 0 saturated heterocycles. The van der Waals surface area contributed by atoms with E-state index in [0.29, 0.717) is 0 Å². The lowest BCUT2D eigenvalue weighted by Gasteiger charge is -2.32. The molecule has 2 rings (SSSR count). The van der Waals surface area contributed by atoms with Crippen molar-refractivity contribution in [3.63, 3.8) is 0 Å². The van der Waals surface area contributed by atoms with Gasteiger partial charge in [-0.2, -0.15) is 0 Å². The van der Waals surface area contributed by atoms with Crippen LogP contribution >= 0.6 is 0 Å². The summed E-state index contributed by atoms with van der Waals surface area (Å²) in [6, 6.07) is 8.79. The number of hydrogen-bond acceptors (Lipinski definition) is 1. The van der Waals surface area contributed by atoms with Gasteiger partial charge in [0.05, 0.1) is 11.7 Å². The van der Waals surface area contributed by atoms with E-state index in [1.54, 1.807) is 0 Å². The molecule has 0 saturated carbocycles. The first-order valence-corrected chi connectivity index (χ1v) is 8.47. The van der Waals surface area contributed by atoms with Crippen molar-refractivity contribution in [2.24, 2.45) is 0 Å². The average Bonchev–Trinajstić information content (AvgIpc) is 2.44. The Kier molecular flexibility index (Phi) is 5.64. The van der Waals surface area contributed by atoms with Crippen LogP contribution in [0.2, 0.25) is 0 Å². The topological polar surface area (TPSA) is 9.23 Å². The summed E-state index contributed by atoms with van der Waals surface area (Å²) < 4.78 is 6.25. The Bertz CT molecular complexity index is 479. The molecule has 0 radical (unpaired) electrons. The number of fused-ring (bicyclic) bond motifs is 1. The fraction of sp³-hybridized carbons (Fsp3) is 0.600. The Balaban J connectivity index is 2.10. The van der Waals surface area contributed by atoms with E-state index in [9.17, 15) is 0 Å². The standard InChI is InChI=1S/C20H30O/c1-5-6-7-8-11-16-14-15-19(21-20(2,3)4)18-13-10-9-12-17(16)18/h9-10,12-14,19H,5-8,11,15H2,1-4H3. The summed E-state index contributed by atoms with van der Waals surface area (Å²) in [5, 5.41) is 0. The van der Waals surface area contributed by atoms with Gasteiger partial charge in [0.1, 0.15) is 0 Å². The van der Waals surface area contributed by atoms with Crippen LogP contribution in [-0.2, 0) is 4.74 Å². The number of rotatable bonds is 6. The molecule has 1 aliphatic carbocycles. The van der Waals surface area contributed by atoms with Crippen molar-refractivity contribution in [3.05, 3.63) is 41.5 Å². The van der Waals surface area contributed by atoms with E-state index in [0.717, 1.165) is 6.42 Å². The molecule has 0 amide bonds. The maximum Gasteiger partial charge on any atom is 0.0872 e. The third-order valence-electron chi connectivity index (χ3n) is 4.03. The minimum Gasteiger partial charge on any atom is -0.368 e. The second kappa shape index (κ2) is 7.26. The Morgan fingerprint density at radius 3 is 2.57 bits per heavy atom. The van der Waals surface area contributed by atoms with Crippen LogP contribution < -0.4 is 0 Å². The van der Waals surface area contributed by atoms with Crippen LogP contribution in [0.4, 0.5) is 0 Å². The van der Waals surface area contributed by atoms with E-state index >= 15 is 0 Å². The van der Waals surface area contributed by atoms with Crippen molar-refractivity contribution < 1.29 is 4.74 Å². The predicted molar refractivity (Wildman–Crippen MR) is 91.4 cm³/mol. The van der Waals surface area contributed by atoms with Crippen LogP contribution in [0.1, 0.15) is 83.5 Å². The second-order valence-corrected chi connectivity index (χ2v) is 7.08. The van der Waals surface area contributed by atoms with Gasteiger partial charge in [0.15, 0.2) is 0 Å². The lowest BCUT2D eigenvalue weighted by atomic mass is 9.86. The third-order valence-corrected chi connectivity index (χ3v) is 4.03. The van der Waals surface area contributed by atoms with Crippen molar-refractivity contribution >= 4 is 5.57 Å². The molecular formula is C20H30O. The summed E-state index contributed by atoms with van der Waals surface area (Å²) >= 11 is 0. The van der Waals surface area contributed by atoms with Gasteiger partial charge < -0.3 is 4.74 Å². The van der Waals surface area contributed by atoms with Gasteiger partial charge in [-0.05, 0) is 56.7 Å². The van der Waals surface area contributed by atoms with Gasteiger partial charge in [-0.3, -0.25) is 0 Å². The highest BCUT2D eigenvalue weighted by Crippen LogP contribution is 2.39. The van der Waals surface area contributed by atoms with Crippen LogP contribution in [0, 0.1) is 0 Å². The minimum atomic E-state index is -0.0930. The van der Waals surface area contributed by atoms with Gasteiger partial charge in [0.2, 0.25) is 0 Å². The highest BCUT2D eigenvalue weighted by Gasteiger charge is 2.25. The average molecular weight is 286 g/mol. The normalized spacial score (nSPS) is 18.3. The van der Waals surface area contributed by atoms with Gasteiger partial charge in [-0.25, -0.2) is 0 Å². The first-order chi connectivity index (χ1) is 10.0. The molecule has 0 fully saturated rings. The Hall–Kier alpha value is -1.08. The molecule has 0 heterocycles. The van der Waals surface area contributed by atoms with E-state index in [4.69, 9.17) is 4.74 Å². The van der Waals surface area contributed by atoms with Gasteiger partial charge in [-0.1, -0.05) is 56.5 Å². The molecule has 116 valence electrons. The van der Waals surface area contributed by atoms with E-state index < -0.39 is 0 Å². The lowest BCUT2D eigenvalue weighted by molar-refractivity contribution is -0.0608. The molecule has 0 bridgehead atoms. The first kappa shape index (κ1) is 16.3. The van der Waals surface area contributed by atoms with Crippen LogP contribution in [0.3, 0.4) is 0 Å². The minimum absolute atomic E-state index is 0.0930. The zero-order valence-electron chi connectivity index (χ0n) is 14.1. The number of benzene rings is 1. The molecule has 1 aromatic carbocycles. The van der Waals surface area contributed by atoms with E-state index in [1.807, 2.05) is 0 Å². The van der Waals surface area contributed by atoms with Crippen LogP contribution in [0.15, 0.2) is 30.3 Å². The zero-order chi connectivity index (χ0) is 15.3. The van der Waals surface area contributed by atoms with Crippen molar-refractivity contribution in [1.82, 2.24) is 0 Å². The van der Waals surface area contributed by atoms with Gasteiger partial charge in [-0.15, -0.1) is 0 Å². The maximum atomic E-state index is 6.25. The fourth-order valence-electron chi connectivity index (χ4n) is 3.07. The molecule has 1 unspecified atom stereocenters. The van der Waals surface area contributed by atoms with Crippen molar-refractivity contribution in [2.75, 3.05) is 0 Å². The SMILES string of the molecule is CCCCCCC1=CCC(OC(C)(C)C)c2ccccc21. The third kappa shape index (κ3) is 4.71. The molecule has 1 atom stereocenters. The number of hydrogen-bond donors (Lipinski definition) is 0. The second-order valence-electron chi connectivity index (χ2n) is 7.08. The van der Waals surface area contributed by atoms with Crippen LogP contribution in [0.25, 0.3) is 5.57 Å². The molecule has 0 aromatic heterocycles. The summed E-state index contributed by atoms with van der Waals surface area (Å²) in [6.07, 6.45) is 10.1. The Morgan fingerprint density at radius 1 is 1.10 bits per heavy atom. The van der Waals surface area contributed by atoms with E-state index in [1.165, 1.54) is 48.8 Å². The van der Waals surface area contributed by atoms with Crippen molar-refractivity contribution in [2.45, 2.75) is 77.9 Å². The molecule has 1 aromatic rings. The molecule has 0 aliphatic heterocycles. The van der Waals surface area contributed by atoms with Gasteiger partial charge in [0.25, 0.3) is 0 Å². The predicted octanol–water partition coefficient (Wildman–Crippen LogP) is 6.30. The quantitative estimate of drug-likeness (QED) is 0.557. The molecule has 1 aliphatic rings. The molecule has 1 nitrogen and oxygen atoms in total. The summed E-state index contributed by atoms with van der Waals surface area (Å²) in [6.45, 7) is 8.68. The highest BCUT2D eigenvalue weighted by molar-refractivity contribution is 5.70. The smallest absolute Gasteiger partial charge is 0.0872 e. The van der Waals surface area contributed by atoms with Crippen LogP contribution in [0.5, 0.6) is 0 Å². The van der Waals surface area contributed by atoms with E-state index in [-0.39, 0.29) is 11.7 Å². The Morgan fingerprint density at radius 2 is 1.86 bits per heavy atom. The highest BCUT2D eigenvalue weighted by atomic mass is 16.5. The number of unbranched alkanes of at least 4 members (excludes halogenated alkanes) is 3. The summed E-state index contributed by atoms with van der Waals surface area (Å²) in [5.74, 6) is 0.